The Morgan fingerprint density at radius 3 is 2.55 bits per heavy atom. The third-order valence-corrected chi connectivity index (χ3v) is 4.24. The maximum atomic E-state index is 10.6. The molecule has 0 aromatic rings. The van der Waals surface area contributed by atoms with E-state index in [-0.39, 0.29) is 0 Å². The maximum absolute atomic E-state index is 10.6. The first-order valence-electron chi connectivity index (χ1n) is 3.68. The molecule has 0 saturated carbocycles. The van der Waals surface area contributed by atoms with Gasteiger partial charge in [0, 0.05) is 16.9 Å². The molecule has 0 aliphatic carbocycles. The lowest BCUT2D eigenvalue weighted by Crippen LogP contribution is -1.90. The fourth-order valence-corrected chi connectivity index (χ4v) is 2.82. The number of unbranched alkanes of at least 4 members (excludes halogenated alkanes) is 3. The number of hydrogen-bond donors (Lipinski definition) is 1. The first-order valence-corrected chi connectivity index (χ1v) is 7.62. The highest BCUT2D eigenvalue weighted by Crippen LogP contribution is 2.13. The Morgan fingerprint density at radius 1 is 1.45 bits per heavy atom. The molecule has 1 N–H and O–H groups in total. The summed E-state index contributed by atoms with van der Waals surface area (Å²) >= 11 is 4.31. The average molecular weight is 214 g/mol. The molecule has 0 spiro atoms. The van der Waals surface area contributed by atoms with Gasteiger partial charge in [0.2, 0.25) is 0 Å². The summed E-state index contributed by atoms with van der Waals surface area (Å²) in [5.41, 5.74) is 0. The third-order valence-electron chi connectivity index (χ3n) is 1.23. The van der Waals surface area contributed by atoms with E-state index < -0.39 is 7.80 Å². The SMILES string of the molecule is CCCCCCSS(=O)(O)=S. The summed E-state index contributed by atoms with van der Waals surface area (Å²) in [6.07, 6.45) is 4.51. The van der Waals surface area contributed by atoms with Crippen molar-refractivity contribution in [2.75, 3.05) is 5.75 Å². The van der Waals surface area contributed by atoms with Crippen LogP contribution >= 0.6 is 10.8 Å². The van der Waals surface area contributed by atoms with Crippen LogP contribution in [0, 0.1) is 0 Å². The Morgan fingerprint density at radius 2 is 2.09 bits per heavy atom. The van der Waals surface area contributed by atoms with Gasteiger partial charge in [-0.2, -0.15) is 0 Å². The second kappa shape index (κ2) is 6.22. The van der Waals surface area contributed by atoms with Crippen molar-refractivity contribution < 1.29 is 8.76 Å². The molecule has 0 amide bonds. The molecule has 0 saturated heterocycles. The highest BCUT2D eigenvalue weighted by molar-refractivity contribution is 8.83. The lowest BCUT2D eigenvalue weighted by molar-refractivity contribution is 0.578. The molecule has 0 aliphatic rings. The first kappa shape index (κ1) is 11.7. The Bertz CT molecular complexity index is 174. The normalized spacial score (nSPS) is 16.2. The van der Waals surface area contributed by atoms with E-state index >= 15 is 0 Å². The van der Waals surface area contributed by atoms with E-state index in [9.17, 15) is 4.21 Å². The molecule has 0 fully saturated rings. The van der Waals surface area contributed by atoms with Crippen molar-refractivity contribution in [2.45, 2.75) is 32.6 Å². The van der Waals surface area contributed by atoms with Crippen molar-refractivity contribution in [2.24, 2.45) is 0 Å². The van der Waals surface area contributed by atoms with Crippen LogP contribution < -0.4 is 0 Å². The Labute approximate surface area is 77.0 Å². The van der Waals surface area contributed by atoms with E-state index in [1.165, 1.54) is 12.8 Å². The molecule has 1 atom stereocenters. The molecule has 11 heavy (non-hydrogen) atoms. The van der Waals surface area contributed by atoms with Crippen LogP contribution in [-0.2, 0) is 19.0 Å². The molecule has 0 aromatic carbocycles. The molecule has 1 unspecified atom stereocenters. The molecular weight excluding hydrogens is 200 g/mol. The molecule has 0 bridgehead atoms. The van der Waals surface area contributed by atoms with Crippen LogP contribution in [0.3, 0.4) is 0 Å². The van der Waals surface area contributed by atoms with Gasteiger partial charge in [0.25, 0.3) is 0 Å². The first-order chi connectivity index (χ1) is 5.06. The second-order valence-electron chi connectivity index (χ2n) is 2.31. The minimum Gasteiger partial charge on any atom is -0.298 e. The largest absolute Gasteiger partial charge is 0.298 e. The lowest BCUT2D eigenvalue weighted by atomic mass is 10.2. The zero-order valence-electron chi connectivity index (χ0n) is 6.62. The van der Waals surface area contributed by atoms with E-state index in [1.807, 2.05) is 0 Å². The quantitative estimate of drug-likeness (QED) is 0.544. The molecule has 68 valence electrons. The van der Waals surface area contributed by atoms with E-state index in [2.05, 4.69) is 18.1 Å². The van der Waals surface area contributed by atoms with Gasteiger partial charge < -0.3 is 0 Å². The van der Waals surface area contributed by atoms with Crippen molar-refractivity contribution in [3.8, 4) is 0 Å². The van der Waals surface area contributed by atoms with Crippen molar-refractivity contribution in [3.05, 3.63) is 0 Å². The van der Waals surface area contributed by atoms with Crippen molar-refractivity contribution in [1.29, 1.82) is 0 Å². The monoisotopic (exact) mass is 214 g/mol. The van der Waals surface area contributed by atoms with Gasteiger partial charge in [0.05, 0.1) is 0 Å². The van der Waals surface area contributed by atoms with Gasteiger partial charge in [-0.3, -0.25) is 4.55 Å². The number of hydrogen-bond acceptors (Lipinski definition) is 3. The molecule has 5 heteroatoms. The van der Waals surface area contributed by atoms with Crippen LogP contribution in [0.2, 0.25) is 0 Å². The minimum absolute atomic E-state index is 0.707. The summed E-state index contributed by atoms with van der Waals surface area (Å²) in [6.45, 7) is 2.13. The molecule has 0 aliphatic heterocycles. The number of rotatable bonds is 6. The summed E-state index contributed by atoms with van der Waals surface area (Å²) < 4.78 is 19.2. The lowest BCUT2D eigenvalue weighted by Gasteiger charge is -1.98. The van der Waals surface area contributed by atoms with Gasteiger partial charge in [-0.1, -0.05) is 26.2 Å². The average Bonchev–Trinajstić information content (AvgIpc) is 1.85. The summed E-state index contributed by atoms with van der Waals surface area (Å²) in [5.74, 6) is 0.707. The fraction of sp³-hybridized carbons (Fsp3) is 1.00. The zero-order valence-corrected chi connectivity index (χ0v) is 9.07. The van der Waals surface area contributed by atoms with Crippen molar-refractivity contribution >= 4 is 29.8 Å². The van der Waals surface area contributed by atoms with Gasteiger partial charge in [0.15, 0.2) is 7.80 Å². The fourth-order valence-electron chi connectivity index (χ4n) is 0.693. The summed E-state index contributed by atoms with van der Waals surface area (Å²) in [6, 6.07) is 0. The van der Waals surface area contributed by atoms with Gasteiger partial charge in [0.1, 0.15) is 0 Å². The van der Waals surface area contributed by atoms with Crippen LogP contribution in [0.1, 0.15) is 32.6 Å². The standard InChI is InChI=1S/C6H14O2S3/c1-2-3-4-5-6-10-11(7,8)9/h2-6H2,1H3,(H,7,8,9). The highest BCUT2D eigenvalue weighted by atomic mass is 33.4. The topological polar surface area (TPSA) is 37.3 Å². The van der Waals surface area contributed by atoms with Crippen molar-refractivity contribution in [1.82, 2.24) is 0 Å². The smallest absolute Gasteiger partial charge is 0.195 e. The minimum atomic E-state index is -2.96. The molecular formula is C6H14O2S3. The predicted octanol–water partition coefficient (Wildman–Crippen LogP) is 2.43. The van der Waals surface area contributed by atoms with Crippen LogP contribution in [0.15, 0.2) is 0 Å². The Kier molecular flexibility index (Phi) is 6.61. The second-order valence-corrected chi connectivity index (χ2v) is 7.86. The van der Waals surface area contributed by atoms with Crippen molar-refractivity contribution in [3.63, 3.8) is 0 Å². The summed E-state index contributed by atoms with van der Waals surface area (Å²) in [7, 11) is -1.98. The van der Waals surface area contributed by atoms with Gasteiger partial charge in [-0.05, 0) is 17.2 Å². The molecule has 0 rings (SSSR count). The highest BCUT2D eigenvalue weighted by Gasteiger charge is 1.98. The third kappa shape index (κ3) is 10.7. The molecule has 2 nitrogen and oxygen atoms in total. The summed E-state index contributed by atoms with van der Waals surface area (Å²) in [4.78, 5) is 0. The predicted molar refractivity (Wildman–Crippen MR) is 54.7 cm³/mol. The van der Waals surface area contributed by atoms with E-state index in [0.29, 0.717) is 5.75 Å². The van der Waals surface area contributed by atoms with E-state index in [1.54, 1.807) is 0 Å². The molecule has 0 heterocycles. The van der Waals surface area contributed by atoms with Gasteiger partial charge >= 0.3 is 0 Å². The molecule has 0 aromatic heterocycles. The van der Waals surface area contributed by atoms with E-state index in [4.69, 9.17) is 4.55 Å². The van der Waals surface area contributed by atoms with Crippen LogP contribution in [0.5, 0.6) is 0 Å². The van der Waals surface area contributed by atoms with Crippen LogP contribution in [0.25, 0.3) is 0 Å². The Balaban J connectivity index is 3.16. The molecule has 0 radical (unpaired) electrons. The van der Waals surface area contributed by atoms with Gasteiger partial charge in [-0.15, -0.1) is 0 Å². The Hall–Kier alpha value is 0.680. The van der Waals surface area contributed by atoms with Crippen LogP contribution in [0.4, 0.5) is 0 Å². The zero-order chi connectivity index (χ0) is 8.74. The van der Waals surface area contributed by atoms with Crippen LogP contribution in [-0.4, -0.2) is 14.5 Å². The van der Waals surface area contributed by atoms with E-state index in [0.717, 1.165) is 23.6 Å². The summed E-state index contributed by atoms with van der Waals surface area (Å²) in [5, 5.41) is 0. The maximum Gasteiger partial charge on any atom is 0.195 e. The van der Waals surface area contributed by atoms with Gasteiger partial charge in [-0.25, -0.2) is 4.21 Å².